The predicted molar refractivity (Wildman–Crippen MR) is 92.4 cm³/mol. The fourth-order valence-electron chi connectivity index (χ4n) is 2.28. The fraction of sp³-hybridized carbons (Fsp3) is 0.278. The highest BCUT2D eigenvalue weighted by atomic mass is 16.6. The molecular formula is C18H20N2O4. The minimum absolute atomic E-state index is 0.120. The van der Waals surface area contributed by atoms with Crippen molar-refractivity contribution >= 4 is 17.3 Å². The van der Waals surface area contributed by atoms with E-state index in [2.05, 4.69) is 26.1 Å². The number of anilines is 1. The number of nitro benzene ring substituents is 1. The molecule has 24 heavy (non-hydrogen) atoms. The molecule has 2 rings (SSSR count). The maximum absolute atomic E-state index is 12.1. The Morgan fingerprint density at radius 2 is 1.75 bits per heavy atom. The van der Waals surface area contributed by atoms with Crippen LogP contribution < -0.4 is 10.1 Å². The van der Waals surface area contributed by atoms with E-state index in [-0.39, 0.29) is 23.4 Å². The second-order valence-corrected chi connectivity index (χ2v) is 6.36. The Morgan fingerprint density at radius 1 is 1.12 bits per heavy atom. The van der Waals surface area contributed by atoms with E-state index in [1.165, 1.54) is 12.1 Å². The van der Waals surface area contributed by atoms with E-state index < -0.39 is 10.8 Å². The van der Waals surface area contributed by atoms with Gasteiger partial charge < -0.3 is 10.1 Å². The highest BCUT2D eigenvalue weighted by Crippen LogP contribution is 2.31. The monoisotopic (exact) mass is 328 g/mol. The van der Waals surface area contributed by atoms with Gasteiger partial charge in [0.05, 0.1) is 4.92 Å². The van der Waals surface area contributed by atoms with Crippen LogP contribution in [0.4, 0.5) is 11.4 Å². The molecule has 6 nitrogen and oxygen atoms in total. The van der Waals surface area contributed by atoms with Crippen LogP contribution in [0, 0.1) is 10.1 Å². The molecule has 0 aromatic heterocycles. The summed E-state index contributed by atoms with van der Waals surface area (Å²) < 4.78 is 5.62. The molecule has 0 spiro atoms. The zero-order chi connectivity index (χ0) is 17.7. The number of ether oxygens (including phenoxy) is 1. The van der Waals surface area contributed by atoms with Gasteiger partial charge in [-0.05, 0) is 23.1 Å². The van der Waals surface area contributed by atoms with Crippen molar-refractivity contribution in [2.24, 2.45) is 0 Å². The minimum Gasteiger partial charge on any atom is -0.483 e. The smallest absolute Gasteiger partial charge is 0.292 e. The summed E-state index contributed by atoms with van der Waals surface area (Å²) in [5, 5.41) is 13.5. The van der Waals surface area contributed by atoms with Crippen LogP contribution in [0.2, 0.25) is 0 Å². The van der Waals surface area contributed by atoms with Crippen molar-refractivity contribution < 1.29 is 14.5 Å². The van der Waals surface area contributed by atoms with Gasteiger partial charge in [-0.25, -0.2) is 0 Å². The van der Waals surface area contributed by atoms with Crippen molar-refractivity contribution in [1.29, 1.82) is 0 Å². The lowest BCUT2D eigenvalue weighted by molar-refractivity contribution is -0.383. The molecule has 0 bridgehead atoms. The first-order valence-electron chi connectivity index (χ1n) is 7.54. The lowest BCUT2D eigenvalue weighted by Crippen LogP contribution is -2.22. The van der Waals surface area contributed by atoms with Crippen molar-refractivity contribution in [1.82, 2.24) is 0 Å². The first-order chi connectivity index (χ1) is 11.3. The van der Waals surface area contributed by atoms with Crippen molar-refractivity contribution in [3.05, 3.63) is 64.2 Å². The van der Waals surface area contributed by atoms with E-state index in [9.17, 15) is 14.9 Å². The molecule has 1 amide bonds. The molecule has 0 unspecified atom stereocenters. The lowest BCUT2D eigenvalue weighted by Gasteiger charge is -2.22. The first kappa shape index (κ1) is 17.5. The molecule has 0 saturated heterocycles. The molecule has 1 N–H and O–H groups in total. The maximum atomic E-state index is 12.1. The Balaban J connectivity index is 2.07. The van der Waals surface area contributed by atoms with Gasteiger partial charge in [0.1, 0.15) is 11.4 Å². The van der Waals surface area contributed by atoms with Crippen LogP contribution >= 0.6 is 0 Å². The number of nitrogens with one attached hydrogen (secondary N) is 1. The van der Waals surface area contributed by atoms with E-state index >= 15 is 0 Å². The Hall–Kier alpha value is -2.89. The molecule has 0 fully saturated rings. The van der Waals surface area contributed by atoms with Gasteiger partial charge >= 0.3 is 0 Å². The summed E-state index contributed by atoms with van der Waals surface area (Å²) in [5.41, 5.74) is 0.871. The second-order valence-electron chi connectivity index (χ2n) is 6.36. The van der Waals surface area contributed by atoms with Crippen LogP contribution in [0.1, 0.15) is 26.3 Å². The third kappa shape index (κ3) is 4.32. The number of hydrogen-bond donors (Lipinski definition) is 1. The minimum atomic E-state index is -0.536. The van der Waals surface area contributed by atoms with Gasteiger partial charge in [-0.2, -0.15) is 0 Å². The van der Waals surface area contributed by atoms with Gasteiger partial charge in [-0.15, -0.1) is 0 Å². The number of carbonyl (C=O) groups excluding carboxylic acids is 1. The number of hydrogen-bond acceptors (Lipinski definition) is 4. The summed E-state index contributed by atoms with van der Waals surface area (Å²) in [5.74, 6) is 0.177. The zero-order valence-electron chi connectivity index (χ0n) is 13.9. The third-order valence-electron chi connectivity index (χ3n) is 3.43. The van der Waals surface area contributed by atoms with E-state index in [0.717, 1.165) is 5.56 Å². The van der Waals surface area contributed by atoms with Crippen LogP contribution in [0.25, 0.3) is 0 Å². The van der Waals surface area contributed by atoms with Crippen LogP contribution in [-0.4, -0.2) is 17.4 Å². The Labute approximate surface area is 140 Å². The average molecular weight is 328 g/mol. The Morgan fingerprint density at radius 3 is 2.42 bits per heavy atom. The predicted octanol–water partition coefficient (Wildman–Crippen LogP) is 3.91. The average Bonchev–Trinajstić information content (AvgIpc) is 2.52. The summed E-state index contributed by atoms with van der Waals surface area (Å²) in [4.78, 5) is 22.5. The summed E-state index contributed by atoms with van der Waals surface area (Å²) in [6.07, 6.45) is 0. The van der Waals surface area contributed by atoms with Crippen molar-refractivity contribution in [3.63, 3.8) is 0 Å². The summed E-state index contributed by atoms with van der Waals surface area (Å²) >= 11 is 0. The largest absolute Gasteiger partial charge is 0.483 e. The van der Waals surface area contributed by atoms with Crippen LogP contribution in [0.15, 0.2) is 48.5 Å². The molecule has 0 aliphatic heterocycles. The second kappa shape index (κ2) is 7.12. The molecule has 0 aliphatic carbocycles. The van der Waals surface area contributed by atoms with Crippen molar-refractivity contribution in [3.8, 4) is 5.75 Å². The topological polar surface area (TPSA) is 81.5 Å². The summed E-state index contributed by atoms with van der Waals surface area (Å²) in [6.45, 7) is 5.95. The molecule has 2 aromatic carbocycles. The Kier molecular flexibility index (Phi) is 5.18. The van der Waals surface area contributed by atoms with Crippen LogP contribution in [-0.2, 0) is 10.2 Å². The van der Waals surface area contributed by atoms with Crippen LogP contribution in [0.5, 0.6) is 5.75 Å². The van der Waals surface area contributed by atoms with Gasteiger partial charge in [-0.1, -0.05) is 51.1 Å². The molecule has 0 heterocycles. The molecule has 2 aromatic rings. The summed E-state index contributed by atoms with van der Waals surface area (Å²) in [6, 6.07) is 13.5. The fourth-order valence-corrected chi connectivity index (χ4v) is 2.28. The standard InChI is InChI=1S/C18H20N2O4/c1-18(2,3)13-8-4-7-11-16(13)24-12-17(21)19-14-9-5-6-10-15(14)20(22)23/h4-11H,12H2,1-3H3,(H,19,21). The quantitative estimate of drug-likeness (QED) is 0.666. The number of nitro groups is 1. The Bertz CT molecular complexity index is 751. The highest BCUT2D eigenvalue weighted by Gasteiger charge is 2.19. The first-order valence-corrected chi connectivity index (χ1v) is 7.54. The third-order valence-corrected chi connectivity index (χ3v) is 3.43. The SMILES string of the molecule is CC(C)(C)c1ccccc1OCC(=O)Nc1ccccc1[N+](=O)[O-]. The molecule has 6 heteroatoms. The zero-order valence-corrected chi connectivity index (χ0v) is 13.9. The molecule has 0 saturated carbocycles. The highest BCUT2D eigenvalue weighted by molar-refractivity contribution is 5.94. The van der Waals surface area contributed by atoms with Gasteiger partial charge in [0, 0.05) is 6.07 Å². The van der Waals surface area contributed by atoms with Gasteiger partial charge in [0.25, 0.3) is 11.6 Å². The van der Waals surface area contributed by atoms with Gasteiger partial charge in [-0.3, -0.25) is 14.9 Å². The molecular weight excluding hydrogens is 308 g/mol. The number of benzene rings is 2. The number of amides is 1. The van der Waals surface area contributed by atoms with Crippen molar-refractivity contribution in [2.45, 2.75) is 26.2 Å². The molecule has 0 radical (unpaired) electrons. The van der Waals surface area contributed by atoms with Crippen molar-refractivity contribution in [2.75, 3.05) is 11.9 Å². The number of carbonyl (C=O) groups is 1. The molecule has 0 aliphatic rings. The van der Waals surface area contributed by atoms with Gasteiger partial charge in [0.15, 0.2) is 6.61 Å². The number of para-hydroxylation sites is 3. The van der Waals surface area contributed by atoms with E-state index in [4.69, 9.17) is 4.74 Å². The van der Waals surface area contributed by atoms with E-state index in [0.29, 0.717) is 5.75 Å². The number of nitrogens with zero attached hydrogens (tertiary/aromatic N) is 1. The maximum Gasteiger partial charge on any atom is 0.292 e. The number of rotatable bonds is 5. The molecule has 126 valence electrons. The van der Waals surface area contributed by atoms with E-state index in [1.54, 1.807) is 18.2 Å². The molecule has 0 atom stereocenters. The summed E-state index contributed by atoms with van der Waals surface area (Å²) in [7, 11) is 0. The normalized spacial score (nSPS) is 11.0. The van der Waals surface area contributed by atoms with Crippen LogP contribution in [0.3, 0.4) is 0 Å². The van der Waals surface area contributed by atoms with Gasteiger partial charge in [0.2, 0.25) is 0 Å². The van der Waals surface area contributed by atoms with E-state index in [1.807, 2.05) is 18.2 Å². The lowest BCUT2D eigenvalue weighted by atomic mass is 9.86.